The summed E-state index contributed by atoms with van der Waals surface area (Å²) in [6.45, 7) is 6.67. The molecule has 1 amide bonds. The van der Waals surface area contributed by atoms with Gasteiger partial charge in [0.15, 0.2) is 0 Å². The summed E-state index contributed by atoms with van der Waals surface area (Å²) >= 11 is 0. The van der Waals surface area contributed by atoms with Crippen molar-refractivity contribution in [1.29, 1.82) is 0 Å². The highest BCUT2D eigenvalue weighted by molar-refractivity contribution is 5.76. The Kier molecular flexibility index (Phi) is 5.77. The maximum atomic E-state index is 11.4. The molecule has 0 bridgehead atoms. The number of carbonyl (C=O) groups excluding carboxylic acids is 1. The van der Waals surface area contributed by atoms with Crippen LogP contribution in [-0.2, 0) is 9.53 Å². The van der Waals surface area contributed by atoms with Gasteiger partial charge < -0.3 is 15.4 Å². The van der Waals surface area contributed by atoms with Gasteiger partial charge in [-0.1, -0.05) is 13.8 Å². The number of amides is 1. The molecular weight excluding hydrogens is 204 g/mol. The Hall–Kier alpha value is -0.610. The van der Waals surface area contributed by atoms with Crippen molar-refractivity contribution >= 4 is 5.91 Å². The second-order valence-corrected chi connectivity index (χ2v) is 4.79. The number of carbonyl (C=O) groups is 1. The molecule has 94 valence electrons. The molecule has 1 aliphatic heterocycles. The van der Waals surface area contributed by atoms with E-state index < -0.39 is 0 Å². The van der Waals surface area contributed by atoms with Crippen molar-refractivity contribution in [2.45, 2.75) is 32.8 Å². The molecule has 2 N–H and O–H groups in total. The standard InChI is InChI=1S/C12H24N2O2/c1-9(2)12-10(5-7-16-12)8-14-11(15)4-6-13-3/h9-10,12-13H,4-8H2,1-3H3,(H,14,15). The van der Waals surface area contributed by atoms with Crippen molar-refractivity contribution in [1.82, 2.24) is 10.6 Å². The van der Waals surface area contributed by atoms with E-state index in [2.05, 4.69) is 24.5 Å². The topological polar surface area (TPSA) is 50.4 Å². The normalized spacial score (nSPS) is 25.0. The number of ether oxygens (including phenoxy) is 1. The Labute approximate surface area is 98.1 Å². The van der Waals surface area contributed by atoms with Gasteiger partial charge >= 0.3 is 0 Å². The smallest absolute Gasteiger partial charge is 0.221 e. The van der Waals surface area contributed by atoms with Gasteiger partial charge in [-0.05, 0) is 19.4 Å². The van der Waals surface area contributed by atoms with Gasteiger partial charge in [0.2, 0.25) is 5.91 Å². The lowest BCUT2D eigenvalue weighted by atomic mass is 9.93. The van der Waals surface area contributed by atoms with Gasteiger partial charge in [-0.25, -0.2) is 0 Å². The SMILES string of the molecule is CNCCC(=O)NCC1CCOC1C(C)C. The maximum Gasteiger partial charge on any atom is 0.221 e. The largest absolute Gasteiger partial charge is 0.378 e. The molecule has 0 spiro atoms. The third kappa shape index (κ3) is 4.10. The van der Waals surface area contributed by atoms with Gasteiger partial charge in [-0.2, -0.15) is 0 Å². The van der Waals surface area contributed by atoms with Crippen molar-refractivity contribution in [2.75, 3.05) is 26.7 Å². The average Bonchev–Trinajstić information content (AvgIpc) is 2.71. The van der Waals surface area contributed by atoms with E-state index in [1.165, 1.54) is 0 Å². The van der Waals surface area contributed by atoms with Gasteiger partial charge in [0.05, 0.1) is 6.10 Å². The minimum absolute atomic E-state index is 0.128. The van der Waals surface area contributed by atoms with Crippen LogP contribution in [0, 0.1) is 11.8 Å². The summed E-state index contributed by atoms with van der Waals surface area (Å²) in [5.74, 6) is 1.14. The van der Waals surface area contributed by atoms with Crippen LogP contribution in [0.25, 0.3) is 0 Å². The molecule has 4 nitrogen and oxygen atoms in total. The molecule has 0 aromatic heterocycles. The number of hydrogen-bond acceptors (Lipinski definition) is 3. The molecule has 0 saturated carbocycles. The summed E-state index contributed by atoms with van der Waals surface area (Å²) in [4.78, 5) is 11.4. The third-order valence-electron chi connectivity index (χ3n) is 3.08. The van der Waals surface area contributed by atoms with E-state index >= 15 is 0 Å². The Morgan fingerprint density at radius 1 is 1.50 bits per heavy atom. The van der Waals surface area contributed by atoms with Gasteiger partial charge in [0, 0.05) is 32.0 Å². The summed E-state index contributed by atoms with van der Waals surface area (Å²) in [5.41, 5.74) is 0. The third-order valence-corrected chi connectivity index (χ3v) is 3.08. The fraction of sp³-hybridized carbons (Fsp3) is 0.917. The highest BCUT2D eigenvalue weighted by Crippen LogP contribution is 2.25. The summed E-state index contributed by atoms with van der Waals surface area (Å²) in [6, 6.07) is 0. The van der Waals surface area contributed by atoms with E-state index in [9.17, 15) is 4.79 Å². The fourth-order valence-corrected chi connectivity index (χ4v) is 2.18. The molecule has 1 heterocycles. The minimum Gasteiger partial charge on any atom is -0.378 e. The predicted molar refractivity (Wildman–Crippen MR) is 64.2 cm³/mol. The van der Waals surface area contributed by atoms with Crippen molar-refractivity contribution in [3.8, 4) is 0 Å². The molecule has 1 fully saturated rings. The maximum absolute atomic E-state index is 11.4. The van der Waals surface area contributed by atoms with Crippen LogP contribution in [-0.4, -0.2) is 38.8 Å². The summed E-state index contributed by atoms with van der Waals surface area (Å²) in [6.07, 6.45) is 1.93. The first kappa shape index (κ1) is 13.5. The molecule has 16 heavy (non-hydrogen) atoms. The molecule has 0 aromatic carbocycles. The van der Waals surface area contributed by atoms with E-state index in [0.717, 1.165) is 26.1 Å². The van der Waals surface area contributed by atoms with Gasteiger partial charge in [-0.15, -0.1) is 0 Å². The fourth-order valence-electron chi connectivity index (χ4n) is 2.18. The van der Waals surface area contributed by atoms with Crippen LogP contribution in [0.3, 0.4) is 0 Å². The molecule has 0 aliphatic carbocycles. The first-order chi connectivity index (χ1) is 7.65. The quantitative estimate of drug-likeness (QED) is 0.706. The van der Waals surface area contributed by atoms with Crippen LogP contribution in [0.15, 0.2) is 0 Å². The summed E-state index contributed by atoms with van der Waals surface area (Å²) in [5, 5.41) is 5.95. The average molecular weight is 228 g/mol. The molecule has 4 heteroatoms. The summed E-state index contributed by atoms with van der Waals surface area (Å²) < 4.78 is 5.68. The zero-order chi connectivity index (χ0) is 12.0. The zero-order valence-electron chi connectivity index (χ0n) is 10.6. The first-order valence-electron chi connectivity index (χ1n) is 6.18. The lowest BCUT2D eigenvalue weighted by Gasteiger charge is -2.22. The molecule has 1 saturated heterocycles. The molecule has 1 rings (SSSR count). The van der Waals surface area contributed by atoms with Gasteiger partial charge in [0.1, 0.15) is 0 Å². The summed E-state index contributed by atoms with van der Waals surface area (Å²) in [7, 11) is 1.85. The van der Waals surface area contributed by atoms with Crippen LogP contribution in [0.1, 0.15) is 26.7 Å². The molecule has 2 unspecified atom stereocenters. The lowest BCUT2D eigenvalue weighted by Crippen LogP contribution is -2.35. The lowest BCUT2D eigenvalue weighted by molar-refractivity contribution is -0.121. The monoisotopic (exact) mass is 228 g/mol. The van der Waals surface area contributed by atoms with Crippen LogP contribution < -0.4 is 10.6 Å². The van der Waals surface area contributed by atoms with Crippen molar-refractivity contribution in [2.24, 2.45) is 11.8 Å². The second-order valence-electron chi connectivity index (χ2n) is 4.79. The van der Waals surface area contributed by atoms with Crippen LogP contribution in [0.2, 0.25) is 0 Å². The van der Waals surface area contributed by atoms with Crippen molar-refractivity contribution < 1.29 is 9.53 Å². The molecular formula is C12H24N2O2. The number of hydrogen-bond donors (Lipinski definition) is 2. The zero-order valence-corrected chi connectivity index (χ0v) is 10.6. The highest BCUT2D eigenvalue weighted by atomic mass is 16.5. The van der Waals surface area contributed by atoms with Crippen LogP contribution in [0.4, 0.5) is 0 Å². The van der Waals surface area contributed by atoms with Gasteiger partial charge in [-0.3, -0.25) is 4.79 Å². The Morgan fingerprint density at radius 2 is 2.25 bits per heavy atom. The number of rotatable bonds is 6. The van der Waals surface area contributed by atoms with Crippen LogP contribution in [0.5, 0.6) is 0 Å². The first-order valence-corrected chi connectivity index (χ1v) is 6.18. The van der Waals surface area contributed by atoms with E-state index in [1.54, 1.807) is 0 Å². The molecule has 1 aliphatic rings. The van der Waals surface area contributed by atoms with Gasteiger partial charge in [0.25, 0.3) is 0 Å². The van der Waals surface area contributed by atoms with E-state index in [0.29, 0.717) is 24.4 Å². The molecule has 0 radical (unpaired) electrons. The van der Waals surface area contributed by atoms with E-state index in [-0.39, 0.29) is 5.91 Å². The molecule has 2 atom stereocenters. The van der Waals surface area contributed by atoms with E-state index in [4.69, 9.17) is 4.74 Å². The molecule has 0 aromatic rings. The predicted octanol–water partition coefficient (Wildman–Crippen LogP) is 0.773. The second kappa shape index (κ2) is 6.86. The van der Waals surface area contributed by atoms with Crippen molar-refractivity contribution in [3.05, 3.63) is 0 Å². The Bertz CT molecular complexity index is 219. The van der Waals surface area contributed by atoms with Crippen LogP contribution >= 0.6 is 0 Å². The van der Waals surface area contributed by atoms with Crippen molar-refractivity contribution in [3.63, 3.8) is 0 Å². The highest BCUT2D eigenvalue weighted by Gasteiger charge is 2.30. The Morgan fingerprint density at radius 3 is 2.88 bits per heavy atom. The minimum atomic E-state index is 0.128. The van der Waals surface area contributed by atoms with E-state index in [1.807, 2.05) is 7.05 Å². The Balaban J connectivity index is 2.23. The number of nitrogens with one attached hydrogen (secondary N) is 2.